The second kappa shape index (κ2) is 6.09. The summed E-state index contributed by atoms with van der Waals surface area (Å²) >= 11 is 13.1. The molecule has 2 rings (SSSR count). The summed E-state index contributed by atoms with van der Waals surface area (Å²) in [6, 6.07) is 10.8. The van der Waals surface area contributed by atoms with E-state index in [2.05, 4.69) is 5.16 Å². The summed E-state index contributed by atoms with van der Waals surface area (Å²) in [5.41, 5.74) is 6.51. The number of benzene rings is 1. The summed E-state index contributed by atoms with van der Waals surface area (Å²) in [6.07, 6.45) is 0. The van der Waals surface area contributed by atoms with Gasteiger partial charge in [0.05, 0.1) is 4.34 Å². The quantitative estimate of drug-likeness (QED) is 0.529. The first-order valence-corrected chi connectivity index (χ1v) is 6.68. The van der Waals surface area contributed by atoms with Crippen molar-refractivity contribution in [2.45, 2.75) is 6.61 Å². The predicted molar refractivity (Wildman–Crippen MR) is 76.3 cm³/mol. The highest BCUT2D eigenvalue weighted by molar-refractivity contribution is 7.16. The van der Waals surface area contributed by atoms with Gasteiger partial charge in [-0.05, 0) is 24.3 Å². The molecular weight excluding hydrogens is 291 g/mol. The lowest BCUT2D eigenvalue weighted by atomic mass is 10.2. The van der Waals surface area contributed by atoms with Gasteiger partial charge in [-0.15, -0.1) is 11.3 Å². The van der Waals surface area contributed by atoms with Crippen LogP contribution in [0.1, 0.15) is 10.4 Å². The normalized spacial score (nSPS) is 11.6. The van der Waals surface area contributed by atoms with Gasteiger partial charge in [-0.2, -0.15) is 0 Å². The molecule has 0 spiro atoms. The maximum atomic E-state index is 5.86. The molecule has 0 aliphatic heterocycles. The van der Waals surface area contributed by atoms with Gasteiger partial charge < -0.3 is 10.6 Å². The van der Waals surface area contributed by atoms with Crippen molar-refractivity contribution in [3.05, 3.63) is 56.2 Å². The molecule has 0 saturated heterocycles. The predicted octanol–water partition coefficient (Wildman–Crippen LogP) is 3.89. The molecule has 0 aliphatic rings. The maximum Gasteiger partial charge on any atom is 0.170 e. The molecule has 0 atom stereocenters. The number of nitrogens with two attached hydrogens (primary N) is 1. The standard InChI is InChI=1S/C12H10Cl2N2OS/c13-9-3-1-2-8(6-9)12(15)16-17-7-10-4-5-11(14)18-10/h1-6H,7H2,(H2,15,16). The Hall–Kier alpha value is -1.23. The molecule has 18 heavy (non-hydrogen) atoms. The highest BCUT2D eigenvalue weighted by atomic mass is 35.5. The Kier molecular flexibility index (Phi) is 4.47. The molecule has 1 aromatic heterocycles. The Morgan fingerprint density at radius 2 is 2.11 bits per heavy atom. The lowest BCUT2D eigenvalue weighted by Crippen LogP contribution is -2.13. The van der Waals surface area contributed by atoms with Crippen molar-refractivity contribution in [1.29, 1.82) is 0 Å². The third-order valence-corrected chi connectivity index (χ3v) is 3.56. The van der Waals surface area contributed by atoms with Gasteiger partial charge in [0, 0.05) is 15.5 Å². The summed E-state index contributed by atoms with van der Waals surface area (Å²) in [4.78, 5) is 6.15. The Balaban J connectivity index is 1.97. The van der Waals surface area contributed by atoms with E-state index >= 15 is 0 Å². The highest BCUT2D eigenvalue weighted by Crippen LogP contribution is 2.22. The maximum absolute atomic E-state index is 5.86. The second-order valence-corrected chi connectivity index (χ2v) is 5.70. The van der Waals surface area contributed by atoms with Crippen LogP contribution in [-0.4, -0.2) is 5.84 Å². The minimum atomic E-state index is 0.292. The van der Waals surface area contributed by atoms with Crippen LogP contribution in [0.4, 0.5) is 0 Å². The van der Waals surface area contributed by atoms with Crippen LogP contribution < -0.4 is 5.73 Å². The number of hydrogen-bond donors (Lipinski definition) is 1. The Bertz CT molecular complexity index is 569. The molecule has 0 amide bonds. The zero-order valence-corrected chi connectivity index (χ0v) is 11.6. The van der Waals surface area contributed by atoms with E-state index in [1.165, 1.54) is 11.3 Å². The summed E-state index contributed by atoms with van der Waals surface area (Å²) < 4.78 is 0.723. The van der Waals surface area contributed by atoms with E-state index in [-0.39, 0.29) is 0 Å². The minimum Gasteiger partial charge on any atom is -0.388 e. The number of thiophene rings is 1. The van der Waals surface area contributed by atoms with Gasteiger partial charge in [0.2, 0.25) is 0 Å². The second-order valence-electron chi connectivity index (χ2n) is 3.47. The largest absolute Gasteiger partial charge is 0.388 e. The Labute approximate surface area is 119 Å². The van der Waals surface area contributed by atoms with Crippen LogP contribution in [0.15, 0.2) is 41.6 Å². The van der Waals surface area contributed by atoms with Crippen molar-refractivity contribution < 1.29 is 4.84 Å². The highest BCUT2D eigenvalue weighted by Gasteiger charge is 2.01. The minimum absolute atomic E-state index is 0.292. The van der Waals surface area contributed by atoms with E-state index in [0.717, 1.165) is 14.8 Å². The number of oxime groups is 1. The van der Waals surface area contributed by atoms with Crippen LogP contribution in [0.5, 0.6) is 0 Å². The molecule has 2 aromatic rings. The number of hydrogen-bond acceptors (Lipinski definition) is 3. The molecule has 6 heteroatoms. The number of amidine groups is 1. The lowest BCUT2D eigenvalue weighted by Gasteiger charge is -2.01. The first-order valence-electron chi connectivity index (χ1n) is 5.11. The molecule has 0 aliphatic carbocycles. The molecule has 0 radical (unpaired) electrons. The van der Waals surface area contributed by atoms with E-state index in [1.807, 2.05) is 18.2 Å². The van der Waals surface area contributed by atoms with Gasteiger partial charge in [-0.25, -0.2) is 0 Å². The van der Waals surface area contributed by atoms with E-state index < -0.39 is 0 Å². The van der Waals surface area contributed by atoms with Gasteiger partial charge >= 0.3 is 0 Å². The van der Waals surface area contributed by atoms with Gasteiger partial charge in [0.15, 0.2) is 12.4 Å². The average Bonchev–Trinajstić information content (AvgIpc) is 2.75. The Morgan fingerprint density at radius 1 is 1.28 bits per heavy atom. The summed E-state index contributed by atoms with van der Waals surface area (Å²) in [5.74, 6) is 0.292. The third-order valence-electron chi connectivity index (χ3n) is 2.12. The van der Waals surface area contributed by atoms with Crippen molar-refractivity contribution in [3.63, 3.8) is 0 Å². The molecule has 3 nitrogen and oxygen atoms in total. The fourth-order valence-electron chi connectivity index (χ4n) is 1.30. The van der Waals surface area contributed by atoms with Crippen LogP contribution in [0.2, 0.25) is 9.36 Å². The molecule has 0 bridgehead atoms. The van der Waals surface area contributed by atoms with Crippen molar-refractivity contribution in [1.82, 2.24) is 0 Å². The number of halogens is 2. The van der Waals surface area contributed by atoms with Crippen molar-refractivity contribution in [2.24, 2.45) is 10.9 Å². The summed E-state index contributed by atoms with van der Waals surface area (Å²) in [6.45, 7) is 0.346. The fraction of sp³-hybridized carbons (Fsp3) is 0.0833. The first-order chi connectivity index (χ1) is 8.65. The molecule has 94 valence electrons. The van der Waals surface area contributed by atoms with Gasteiger partial charge in [0.25, 0.3) is 0 Å². The molecule has 2 N–H and O–H groups in total. The molecule has 1 aromatic carbocycles. The van der Waals surface area contributed by atoms with E-state index in [1.54, 1.807) is 18.2 Å². The number of rotatable bonds is 4. The van der Waals surface area contributed by atoms with Crippen LogP contribution in [-0.2, 0) is 11.4 Å². The fourth-order valence-corrected chi connectivity index (χ4v) is 2.48. The lowest BCUT2D eigenvalue weighted by molar-refractivity contribution is 0.132. The van der Waals surface area contributed by atoms with E-state index in [9.17, 15) is 0 Å². The molecule has 0 fully saturated rings. The zero-order chi connectivity index (χ0) is 13.0. The summed E-state index contributed by atoms with van der Waals surface area (Å²) in [7, 11) is 0. The first kappa shape index (κ1) is 13.2. The molecule has 1 heterocycles. The van der Waals surface area contributed by atoms with Crippen LogP contribution in [0.25, 0.3) is 0 Å². The van der Waals surface area contributed by atoms with Gasteiger partial charge in [0.1, 0.15) is 0 Å². The summed E-state index contributed by atoms with van der Waals surface area (Å²) in [5, 5.41) is 4.45. The molecule has 0 unspecified atom stereocenters. The van der Waals surface area contributed by atoms with Crippen molar-refractivity contribution >= 4 is 40.4 Å². The van der Waals surface area contributed by atoms with Gasteiger partial charge in [-0.3, -0.25) is 0 Å². The van der Waals surface area contributed by atoms with Crippen molar-refractivity contribution in [3.8, 4) is 0 Å². The van der Waals surface area contributed by atoms with Crippen LogP contribution >= 0.6 is 34.5 Å². The Morgan fingerprint density at radius 3 is 2.78 bits per heavy atom. The third kappa shape index (κ3) is 3.63. The monoisotopic (exact) mass is 300 g/mol. The topological polar surface area (TPSA) is 47.6 Å². The molecule has 0 saturated carbocycles. The molecular formula is C12H10Cl2N2OS. The smallest absolute Gasteiger partial charge is 0.170 e. The van der Waals surface area contributed by atoms with E-state index in [0.29, 0.717) is 17.5 Å². The van der Waals surface area contributed by atoms with E-state index in [4.69, 9.17) is 33.8 Å². The van der Waals surface area contributed by atoms with Crippen LogP contribution in [0, 0.1) is 0 Å². The van der Waals surface area contributed by atoms with Gasteiger partial charge in [-0.1, -0.05) is 40.5 Å². The average molecular weight is 301 g/mol. The zero-order valence-electron chi connectivity index (χ0n) is 9.27. The SMILES string of the molecule is N/C(=N\OCc1ccc(Cl)s1)c1cccc(Cl)c1. The number of nitrogens with zero attached hydrogens (tertiary/aromatic N) is 1. The van der Waals surface area contributed by atoms with Crippen LogP contribution in [0.3, 0.4) is 0 Å². The van der Waals surface area contributed by atoms with Crippen molar-refractivity contribution in [2.75, 3.05) is 0 Å².